The molecule has 15 heavy (non-hydrogen) atoms. The Morgan fingerprint density at radius 1 is 1.20 bits per heavy atom. The Morgan fingerprint density at radius 2 is 1.87 bits per heavy atom. The van der Waals surface area contributed by atoms with Crippen LogP contribution in [0.15, 0.2) is 0 Å². The average Bonchev–Trinajstić information content (AvgIpc) is 2.15. The van der Waals surface area contributed by atoms with E-state index >= 15 is 0 Å². The van der Waals surface area contributed by atoms with Crippen LogP contribution in [0.3, 0.4) is 0 Å². The van der Waals surface area contributed by atoms with Gasteiger partial charge in [-0.25, -0.2) is 0 Å². The maximum atomic E-state index is 11.1. The SMILES string of the molecule is CCCC(=O)OC(C)COC(C)COC. The van der Waals surface area contributed by atoms with Gasteiger partial charge < -0.3 is 14.2 Å². The van der Waals surface area contributed by atoms with Gasteiger partial charge in [-0.3, -0.25) is 4.79 Å². The van der Waals surface area contributed by atoms with Crippen LogP contribution in [-0.4, -0.2) is 38.5 Å². The first-order chi connectivity index (χ1) is 7.10. The minimum absolute atomic E-state index is 0.0299. The topological polar surface area (TPSA) is 44.8 Å². The van der Waals surface area contributed by atoms with Crippen LogP contribution in [0.5, 0.6) is 0 Å². The van der Waals surface area contributed by atoms with Crippen molar-refractivity contribution in [1.29, 1.82) is 0 Å². The van der Waals surface area contributed by atoms with Crippen molar-refractivity contribution in [2.75, 3.05) is 20.3 Å². The van der Waals surface area contributed by atoms with Gasteiger partial charge in [-0.1, -0.05) is 6.92 Å². The molecule has 2 unspecified atom stereocenters. The molecule has 2 atom stereocenters. The summed E-state index contributed by atoms with van der Waals surface area (Å²) in [5.74, 6) is -0.159. The van der Waals surface area contributed by atoms with E-state index in [0.29, 0.717) is 19.6 Å². The number of ether oxygens (including phenoxy) is 3. The van der Waals surface area contributed by atoms with Gasteiger partial charge in [0.1, 0.15) is 6.10 Å². The van der Waals surface area contributed by atoms with Gasteiger partial charge in [0.25, 0.3) is 0 Å². The molecule has 0 heterocycles. The van der Waals surface area contributed by atoms with Crippen molar-refractivity contribution in [2.24, 2.45) is 0 Å². The molecule has 0 aromatic heterocycles. The monoisotopic (exact) mass is 218 g/mol. The van der Waals surface area contributed by atoms with E-state index in [-0.39, 0.29) is 18.2 Å². The smallest absolute Gasteiger partial charge is 0.306 e. The zero-order chi connectivity index (χ0) is 11.7. The molecule has 0 aromatic carbocycles. The van der Waals surface area contributed by atoms with Crippen LogP contribution in [0, 0.1) is 0 Å². The van der Waals surface area contributed by atoms with E-state index in [0.717, 1.165) is 6.42 Å². The summed E-state index contributed by atoms with van der Waals surface area (Å²) < 4.78 is 15.5. The largest absolute Gasteiger partial charge is 0.460 e. The zero-order valence-electron chi connectivity index (χ0n) is 10.1. The Hall–Kier alpha value is -0.610. The lowest BCUT2D eigenvalue weighted by molar-refractivity contribution is -0.152. The fourth-order valence-corrected chi connectivity index (χ4v) is 1.10. The highest BCUT2D eigenvalue weighted by Crippen LogP contribution is 2.00. The van der Waals surface area contributed by atoms with Crippen LogP contribution >= 0.6 is 0 Å². The lowest BCUT2D eigenvalue weighted by atomic mass is 10.3. The van der Waals surface area contributed by atoms with Crippen molar-refractivity contribution in [1.82, 2.24) is 0 Å². The summed E-state index contributed by atoms with van der Waals surface area (Å²) in [6.45, 7) is 6.66. The van der Waals surface area contributed by atoms with Crippen LogP contribution in [0.2, 0.25) is 0 Å². The summed E-state index contributed by atoms with van der Waals surface area (Å²) in [5.41, 5.74) is 0. The van der Waals surface area contributed by atoms with E-state index in [9.17, 15) is 4.79 Å². The molecule has 0 aromatic rings. The number of hydrogen-bond acceptors (Lipinski definition) is 4. The first kappa shape index (κ1) is 14.4. The summed E-state index contributed by atoms with van der Waals surface area (Å²) in [6.07, 6.45) is 1.12. The molecule has 0 aliphatic heterocycles. The number of carbonyl (C=O) groups excluding carboxylic acids is 1. The van der Waals surface area contributed by atoms with Gasteiger partial charge in [0.2, 0.25) is 0 Å². The molecule has 0 aliphatic carbocycles. The van der Waals surface area contributed by atoms with E-state index in [4.69, 9.17) is 14.2 Å². The Labute approximate surface area is 91.9 Å². The van der Waals surface area contributed by atoms with E-state index in [2.05, 4.69) is 0 Å². The molecule has 4 heteroatoms. The minimum Gasteiger partial charge on any atom is -0.460 e. The van der Waals surface area contributed by atoms with Crippen molar-refractivity contribution < 1.29 is 19.0 Å². The number of carbonyl (C=O) groups is 1. The Balaban J connectivity index is 3.56. The molecule has 0 amide bonds. The number of methoxy groups -OCH3 is 1. The Morgan fingerprint density at radius 3 is 2.40 bits per heavy atom. The quantitative estimate of drug-likeness (QED) is 0.582. The predicted molar refractivity (Wildman–Crippen MR) is 57.8 cm³/mol. The summed E-state index contributed by atoms with van der Waals surface area (Å²) in [5, 5.41) is 0. The van der Waals surface area contributed by atoms with Crippen LogP contribution in [0.1, 0.15) is 33.6 Å². The van der Waals surface area contributed by atoms with Gasteiger partial charge in [-0.05, 0) is 20.3 Å². The Kier molecular flexibility index (Phi) is 8.33. The fourth-order valence-electron chi connectivity index (χ4n) is 1.10. The second kappa shape index (κ2) is 8.68. The molecule has 0 saturated heterocycles. The third-order valence-corrected chi connectivity index (χ3v) is 1.80. The fraction of sp³-hybridized carbons (Fsp3) is 0.909. The highest BCUT2D eigenvalue weighted by atomic mass is 16.6. The highest BCUT2D eigenvalue weighted by Gasteiger charge is 2.10. The van der Waals surface area contributed by atoms with Gasteiger partial charge in [-0.15, -0.1) is 0 Å². The second-order valence-electron chi connectivity index (χ2n) is 3.65. The van der Waals surface area contributed by atoms with Crippen molar-refractivity contribution in [3.8, 4) is 0 Å². The van der Waals surface area contributed by atoms with Crippen molar-refractivity contribution in [3.63, 3.8) is 0 Å². The lowest BCUT2D eigenvalue weighted by Gasteiger charge is -2.16. The van der Waals surface area contributed by atoms with Crippen molar-refractivity contribution in [3.05, 3.63) is 0 Å². The lowest BCUT2D eigenvalue weighted by Crippen LogP contribution is -2.25. The molecule has 0 fully saturated rings. The van der Waals surface area contributed by atoms with Gasteiger partial charge in [-0.2, -0.15) is 0 Å². The maximum Gasteiger partial charge on any atom is 0.306 e. The summed E-state index contributed by atoms with van der Waals surface area (Å²) >= 11 is 0. The number of esters is 1. The van der Waals surface area contributed by atoms with Crippen LogP contribution in [0.4, 0.5) is 0 Å². The molecule has 0 N–H and O–H groups in total. The third-order valence-electron chi connectivity index (χ3n) is 1.80. The van der Waals surface area contributed by atoms with Crippen LogP contribution in [-0.2, 0) is 19.0 Å². The molecule has 0 rings (SSSR count). The number of rotatable bonds is 8. The molecule has 0 radical (unpaired) electrons. The summed E-state index contributed by atoms with van der Waals surface area (Å²) in [4.78, 5) is 11.1. The molecule has 0 aliphatic rings. The normalized spacial score (nSPS) is 14.7. The van der Waals surface area contributed by atoms with E-state index in [1.165, 1.54) is 0 Å². The highest BCUT2D eigenvalue weighted by molar-refractivity contribution is 5.69. The van der Waals surface area contributed by atoms with E-state index < -0.39 is 0 Å². The van der Waals surface area contributed by atoms with Gasteiger partial charge in [0, 0.05) is 13.5 Å². The molecule has 0 bridgehead atoms. The average molecular weight is 218 g/mol. The Bertz CT molecular complexity index is 170. The third kappa shape index (κ3) is 8.39. The molecule has 90 valence electrons. The number of hydrogen-bond donors (Lipinski definition) is 0. The standard InChI is InChI=1S/C11H22O4/c1-5-6-11(12)15-10(3)8-14-9(2)7-13-4/h9-10H,5-8H2,1-4H3. The summed E-state index contributed by atoms with van der Waals surface area (Å²) in [7, 11) is 1.63. The molecular formula is C11H22O4. The molecular weight excluding hydrogens is 196 g/mol. The second-order valence-corrected chi connectivity index (χ2v) is 3.65. The first-order valence-electron chi connectivity index (χ1n) is 5.40. The molecule has 0 spiro atoms. The summed E-state index contributed by atoms with van der Waals surface area (Å²) in [6, 6.07) is 0. The maximum absolute atomic E-state index is 11.1. The van der Waals surface area contributed by atoms with Crippen molar-refractivity contribution >= 4 is 5.97 Å². The van der Waals surface area contributed by atoms with E-state index in [1.54, 1.807) is 7.11 Å². The van der Waals surface area contributed by atoms with E-state index in [1.807, 2.05) is 20.8 Å². The van der Waals surface area contributed by atoms with Crippen molar-refractivity contribution in [2.45, 2.75) is 45.8 Å². The molecule has 0 saturated carbocycles. The zero-order valence-corrected chi connectivity index (χ0v) is 10.1. The van der Waals surface area contributed by atoms with Gasteiger partial charge in [0.15, 0.2) is 0 Å². The minimum atomic E-state index is -0.191. The van der Waals surface area contributed by atoms with Gasteiger partial charge in [0.05, 0.1) is 19.3 Å². The first-order valence-corrected chi connectivity index (χ1v) is 5.40. The predicted octanol–water partition coefficient (Wildman–Crippen LogP) is 1.77. The van der Waals surface area contributed by atoms with Crippen LogP contribution in [0.25, 0.3) is 0 Å². The molecule has 4 nitrogen and oxygen atoms in total. The van der Waals surface area contributed by atoms with Gasteiger partial charge >= 0.3 is 5.97 Å². The van der Waals surface area contributed by atoms with Crippen LogP contribution < -0.4 is 0 Å².